The molecule has 0 amide bonds. The van der Waals surface area contributed by atoms with Crippen molar-refractivity contribution < 1.29 is 45.0 Å². The van der Waals surface area contributed by atoms with Crippen LogP contribution in [-0.4, -0.2) is 135 Å². The summed E-state index contributed by atoms with van der Waals surface area (Å²) in [5.41, 5.74) is 0. The van der Waals surface area contributed by atoms with E-state index in [9.17, 15) is 24.6 Å². The first kappa shape index (κ1) is 27.3. The van der Waals surface area contributed by atoms with Crippen LogP contribution in [0.1, 0.15) is 13.8 Å². The zero-order valence-electron chi connectivity index (χ0n) is 16.8. The molecule has 0 aromatic heterocycles. The van der Waals surface area contributed by atoms with E-state index in [1.54, 1.807) is 13.8 Å². The van der Waals surface area contributed by atoms with Crippen LogP contribution in [0.3, 0.4) is 0 Å². The monoisotopic (exact) mass is 423 g/mol. The lowest BCUT2D eigenvalue weighted by atomic mass is 10.1. The Morgan fingerprint density at radius 2 is 1.00 bits per heavy atom. The summed E-state index contributed by atoms with van der Waals surface area (Å²) in [6.45, 7) is 2.71. The number of aliphatic carboxylic acids is 2. The molecule has 0 heterocycles. The third kappa shape index (κ3) is 14.9. The number of ketones is 1. The number of carbonyl (C=O) groups is 3. The van der Waals surface area contributed by atoms with Crippen LogP contribution in [0.2, 0.25) is 0 Å². The van der Waals surface area contributed by atoms with Crippen LogP contribution < -0.4 is 0 Å². The molecule has 170 valence electrons. The molecule has 0 saturated heterocycles. The van der Waals surface area contributed by atoms with E-state index >= 15 is 0 Å². The summed E-state index contributed by atoms with van der Waals surface area (Å²) in [5, 5.41) is 54.5. The number of Topliss-reactive ketones (excluding diaryl/α,β-unsaturated/α-hetero) is 1. The van der Waals surface area contributed by atoms with Crippen molar-refractivity contribution >= 4 is 17.7 Å². The highest BCUT2D eigenvalue weighted by molar-refractivity contribution is 5.82. The van der Waals surface area contributed by atoms with Crippen LogP contribution in [-0.2, 0) is 14.4 Å². The zero-order valence-corrected chi connectivity index (χ0v) is 16.8. The molecule has 0 atom stereocenters. The van der Waals surface area contributed by atoms with Crippen LogP contribution in [0.4, 0.5) is 0 Å². The van der Waals surface area contributed by atoms with Gasteiger partial charge in [0.2, 0.25) is 0 Å². The molecule has 0 aliphatic heterocycles. The molecule has 0 aromatic carbocycles. The fraction of sp³-hybridized carbons (Fsp3) is 0.824. The molecule has 0 saturated carbocycles. The fourth-order valence-corrected chi connectivity index (χ4v) is 2.55. The van der Waals surface area contributed by atoms with Gasteiger partial charge in [-0.05, 0) is 0 Å². The quantitative estimate of drug-likeness (QED) is 0.130. The highest BCUT2D eigenvalue weighted by Gasteiger charge is 2.20. The van der Waals surface area contributed by atoms with Gasteiger partial charge in [0.15, 0.2) is 12.6 Å². The van der Waals surface area contributed by atoms with Gasteiger partial charge in [0.25, 0.3) is 0 Å². The maximum atomic E-state index is 12.0. The molecular formula is C17H33N3O9. The van der Waals surface area contributed by atoms with E-state index in [1.165, 1.54) is 14.7 Å². The van der Waals surface area contributed by atoms with Gasteiger partial charge in [-0.3, -0.25) is 29.1 Å². The van der Waals surface area contributed by atoms with E-state index in [1.807, 2.05) is 0 Å². The Bertz CT molecular complexity index is 514. The number of aliphatic hydroxyl groups excluding tert-OH is 2. The van der Waals surface area contributed by atoms with Gasteiger partial charge in [0.05, 0.1) is 19.6 Å². The van der Waals surface area contributed by atoms with Gasteiger partial charge >= 0.3 is 11.9 Å². The topological polar surface area (TPSA) is 182 Å². The van der Waals surface area contributed by atoms with Crippen molar-refractivity contribution in [3.05, 3.63) is 0 Å². The summed E-state index contributed by atoms with van der Waals surface area (Å²) >= 11 is 0. The molecule has 0 aromatic rings. The summed E-state index contributed by atoms with van der Waals surface area (Å²) in [7, 11) is 0. The Balaban J connectivity index is 4.93. The molecule has 0 spiro atoms. The lowest BCUT2D eigenvalue weighted by molar-refractivity contribution is -0.141. The van der Waals surface area contributed by atoms with Crippen LogP contribution in [0.15, 0.2) is 0 Å². The van der Waals surface area contributed by atoms with Crippen LogP contribution in [0.5, 0.6) is 0 Å². The minimum Gasteiger partial charge on any atom is -0.480 e. The number of rotatable bonds is 17. The van der Waals surface area contributed by atoms with Crippen LogP contribution >= 0.6 is 0 Å². The molecule has 0 aliphatic carbocycles. The maximum absolute atomic E-state index is 12.0. The summed E-state index contributed by atoms with van der Waals surface area (Å²) in [6.07, 6.45) is -3.38. The Morgan fingerprint density at radius 1 is 0.655 bits per heavy atom. The second-order valence-corrected chi connectivity index (χ2v) is 7.12. The maximum Gasteiger partial charge on any atom is 0.317 e. The molecule has 0 aliphatic rings. The number of aliphatic hydroxyl groups is 4. The smallest absolute Gasteiger partial charge is 0.317 e. The zero-order chi connectivity index (χ0) is 22.6. The molecule has 0 radical (unpaired) electrons. The Morgan fingerprint density at radius 3 is 1.34 bits per heavy atom. The summed E-state index contributed by atoms with van der Waals surface area (Å²) in [6, 6.07) is 0. The van der Waals surface area contributed by atoms with Crippen molar-refractivity contribution in [1.29, 1.82) is 0 Å². The van der Waals surface area contributed by atoms with Crippen molar-refractivity contribution in [2.45, 2.75) is 26.4 Å². The minimum absolute atomic E-state index is 0.0158. The van der Waals surface area contributed by atoms with E-state index in [2.05, 4.69) is 0 Å². The second kappa shape index (κ2) is 14.3. The number of carboxylic acid groups (broad SMARTS) is 2. The fourth-order valence-electron chi connectivity index (χ4n) is 2.55. The van der Waals surface area contributed by atoms with Gasteiger partial charge < -0.3 is 30.6 Å². The predicted molar refractivity (Wildman–Crippen MR) is 101 cm³/mol. The van der Waals surface area contributed by atoms with Crippen LogP contribution in [0, 0.1) is 5.92 Å². The molecule has 0 rings (SSSR count). The Hall–Kier alpha value is -1.67. The lowest BCUT2D eigenvalue weighted by Crippen LogP contribution is -2.46. The van der Waals surface area contributed by atoms with Gasteiger partial charge in [0.1, 0.15) is 5.78 Å². The summed E-state index contributed by atoms with van der Waals surface area (Å²) in [4.78, 5) is 38.2. The number of nitrogens with zero attached hydrogens (tertiary/aromatic N) is 3. The molecule has 12 nitrogen and oxygen atoms in total. The van der Waals surface area contributed by atoms with Crippen molar-refractivity contribution in [2.75, 3.05) is 58.9 Å². The lowest BCUT2D eigenvalue weighted by Gasteiger charge is -2.29. The van der Waals surface area contributed by atoms with Crippen molar-refractivity contribution in [1.82, 2.24) is 14.7 Å². The number of hydrogen-bond donors (Lipinski definition) is 6. The highest BCUT2D eigenvalue weighted by atomic mass is 16.5. The summed E-state index contributed by atoms with van der Waals surface area (Å²) in [5.74, 6) is -2.60. The van der Waals surface area contributed by atoms with Gasteiger partial charge in [-0.15, -0.1) is 0 Å². The third-order valence-electron chi connectivity index (χ3n) is 4.05. The summed E-state index contributed by atoms with van der Waals surface area (Å²) < 4.78 is 0. The van der Waals surface area contributed by atoms with E-state index < -0.39 is 31.1 Å². The van der Waals surface area contributed by atoms with Crippen molar-refractivity contribution in [3.63, 3.8) is 0 Å². The minimum atomic E-state index is -1.73. The van der Waals surface area contributed by atoms with E-state index in [4.69, 9.17) is 20.4 Å². The highest BCUT2D eigenvalue weighted by Crippen LogP contribution is 2.01. The van der Waals surface area contributed by atoms with E-state index in [0.29, 0.717) is 0 Å². The molecule has 29 heavy (non-hydrogen) atoms. The Kier molecular flexibility index (Phi) is 13.5. The molecule has 0 fully saturated rings. The SMILES string of the molecule is CC(C)C(=O)CN(CCN(CCN(CC(=O)O)CC(O)O)CC(=O)O)CC(O)O. The molecule has 12 heteroatoms. The average Bonchev–Trinajstić information content (AvgIpc) is 2.54. The number of carboxylic acids is 2. The number of carbonyl (C=O) groups excluding carboxylic acids is 1. The van der Waals surface area contributed by atoms with E-state index in [0.717, 1.165) is 0 Å². The van der Waals surface area contributed by atoms with Gasteiger partial charge in [-0.1, -0.05) is 13.8 Å². The van der Waals surface area contributed by atoms with E-state index in [-0.39, 0.29) is 64.1 Å². The first-order valence-corrected chi connectivity index (χ1v) is 9.26. The third-order valence-corrected chi connectivity index (χ3v) is 4.05. The van der Waals surface area contributed by atoms with Crippen LogP contribution in [0.25, 0.3) is 0 Å². The van der Waals surface area contributed by atoms with Gasteiger partial charge in [0, 0.05) is 45.2 Å². The second-order valence-electron chi connectivity index (χ2n) is 7.12. The van der Waals surface area contributed by atoms with Gasteiger partial charge in [-0.25, -0.2) is 0 Å². The molecule has 0 unspecified atom stereocenters. The molecule has 0 bridgehead atoms. The van der Waals surface area contributed by atoms with Crippen molar-refractivity contribution in [2.24, 2.45) is 5.92 Å². The predicted octanol–water partition coefficient (Wildman–Crippen LogP) is -3.09. The normalized spacial score (nSPS) is 12.1. The Labute approximate surface area is 169 Å². The first-order valence-electron chi connectivity index (χ1n) is 9.26. The largest absolute Gasteiger partial charge is 0.480 e. The van der Waals surface area contributed by atoms with Crippen molar-refractivity contribution in [3.8, 4) is 0 Å². The number of hydrogen-bond acceptors (Lipinski definition) is 10. The van der Waals surface area contributed by atoms with Gasteiger partial charge in [-0.2, -0.15) is 0 Å². The molecule has 6 N–H and O–H groups in total. The standard InChI is InChI=1S/C17H33N3O9/c1-12(2)13(21)7-19(9-15(24)25)5-3-18(8-14(22)23)4-6-20(10-16(26)27)11-17(28)29/h12,15-16,24-27H,3-11H2,1-2H3,(H,22,23)(H,28,29). The first-order chi connectivity index (χ1) is 13.4. The molecular weight excluding hydrogens is 390 g/mol. The average molecular weight is 423 g/mol.